The number of amides is 1. The van der Waals surface area contributed by atoms with Gasteiger partial charge in [-0.3, -0.25) is 9.78 Å². The average molecular weight is 352 g/mol. The highest BCUT2D eigenvalue weighted by Crippen LogP contribution is 2.22. The van der Waals surface area contributed by atoms with Crippen LogP contribution in [0.5, 0.6) is 0 Å². The van der Waals surface area contributed by atoms with Gasteiger partial charge in [0.1, 0.15) is 0 Å². The van der Waals surface area contributed by atoms with Crippen LogP contribution >= 0.6 is 11.6 Å². The van der Waals surface area contributed by atoms with Crippen molar-refractivity contribution in [1.29, 1.82) is 0 Å². The Morgan fingerprint density at radius 2 is 1.76 bits per heavy atom. The largest absolute Gasteiger partial charge is 0.368 e. The SMILES string of the molecule is O=C(c1ccnc2ccccc12)N1CCN(c2cccc(Cl)c2)CC1. The standard InChI is InChI=1S/C20H18ClN3O/c21-15-4-3-5-16(14-15)23-10-12-24(13-11-23)20(25)18-8-9-22-19-7-2-1-6-17(18)19/h1-9,14H,10-13H2. The van der Waals surface area contributed by atoms with Crippen molar-refractivity contribution in [3.8, 4) is 0 Å². The number of benzene rings is 2. The van der Waals surface area contributed by atoms with Crippen molar-refractivity contribution in [3.63, 3.8) is 0 Å². The number of pyridine rings is 1. The van der Waals surface area contributed by atoms with E-state index in [1.807, 2.05) is 53.4 Å². The number of nitrogens with zero attached hydrogens (tertiary/aromatic N) is 3. The van der Waals surface area contributed by atoms with Gasteiger partial charge in [-0.05, 0) is 30.3 Å². The van der Waals surface area contributed by atoms with Crippen molar-refractivity contribution in [2.45, 2.75) is 0 Å². The molecule has 0 N–H and O–H groups in total. The van der Waals surface area contributed by atoms with Gasteiger partial charge in [-0.25, -0.2) is 0 Å². The van der Waals surface area contributed by atoms with Crippen LogP contribution in [-0.2, 0) is 0 Å². The highest BCUT2D eigenvalue weighted by atomic mass is 35.5. The van der Waals surface area contributed by atoms with E-state index < -0.39 is 0 Å². The Labute approximate surface area is 151 Å². The first-order valence-electron chi connectivity index (χ1n) is 8.36. The molecular formula is C20H18ClN3O. The second kappa shape index (κ2) is 6.73. The summed E-state index contributed by atoms with van der Waals surface area (Å²) in [6.07, 6.45) is 1.71. The number of halogens is 1. The number of fused-ring (bicyclic) bond motifs is 1. The first-order chi connectivity index (χ1) is 12.2. The van der Waals surface area contributed by atoms with Gasteiger partial charge in [0.2, 0.25) is 0 Å². The van der Waals surface area contributed by atoms with Crippen molar-refractivity contribution < 1.29 is 4.79 Å². The fourth-order valence-corrected chi connectivity index (χ4v) is 3.48. The predicted molar refractivity (Wildman–Crippen MR) is 101 cm³/mol. The topological polar surface area (TPSA) is 36.4 Å². The highest BCUT2D eigenvalue weighted by molar-refractivity contribution is 6.30. The summed E-state index contributed by atoms with van der Waals surface area (Å²) < 4.78 is 0. The Balaban J connectivity index is 1.51. The highest BCUT2D eigenvalue weighted by Gasteiger charge is 2.23. The van der Waals surface area contributed by atoms with Crippen LogP contribution in [0.4, 0.5) is 5.69 Å². The van der Waals surface area contributed by atoms with Crippen LogP contribution in [0.3, 0.4) is 0 Å². The zero-order chi connectivity index (χ0) is 17.2. The third-order valence-electron chi connectivity index (χ3n) is 4.62. The van der Waals surface area contributed by atoms with E-state index in [0.29, 0.717) is 13.1 Å². The first kappa shape index (κ1) is 15.9. The summed E-state index contributed by atoms with van der Waals surface area (Å²) in [5, 5.41) is 1.64. The van der Waals surface area contributed by atoms with Crippen LogP contribution in [-0.4, -0.2) is 42.0 Å². The molecule has 1 saturated heterocycles. The number of hydrogen-bond donors (Lipinski definition) is 0. The molecule has 1 aliphatic heterocycles. The quantitative estimate of drug-likeness (QED) is 0.703. The molecule has 1 aliphatic rings. The predicted octanol–water partition coefficient (Wildman–Crippen LogP) is 3.85. The van der Waals surface area contributed by atoms with E-state index >= 15 is 0 Å². The smallest absolute Gasteiger partial charge is 0.254 e. The molecule has 25 heavy (non-hydrogen) atoms. The molecule has 0 saturated carbocycles. The normalized spacial score (nSPS) is 14.8. The molecule has 0 aliphatic carbocycles. The van der Waals surface area contributed by atoms with E-state index in [1.165, 1.54) is 0 Å². The summed E-state index contributed by atoms with van der Waals surface area (Å²) >= 11 is 6.08. The minimum atomic E-state index is 0.0735. The zero-order valence-corrected chi connectivity index (χ0v) is 14.5. The van der Waals surface area contributed by atoms with Gasteiger partial charge in [0.15, 0.2) is 0 Å². The Bertz CT molecular complexity index is 914. The summed E-state index contributed by atoms with van der Waals surface area (Å²) in [5.74, 6) is 0.0735. The maximum absolute atomic E-state index is 13.0. The van der Waals surface area contributed by atoms with Gasteiger partial charge < -0.3 is 9.80 Å². The van der Waals surface area contributed by atoms with Gasteiger partial charge in [0.05, 0.1) is 11.1 Å². The molecule has 3 aromatic rings. The third-order valence-corrected chi connectivity index (χ3v) is 4.85. The number of aromatic nitrogens is 1. The lowest BCUT2D eigenvalue weighted by atomic mass is 10.1. The fourth-order valence-electron chi connectivity index (χ4n) is 3.29. The van der Waals surface area contributed by atoms with E-state index in [0.717, 1.165) is 40.3 Å². The van der Waals surface area contributed by atoms with E-state index in [9.17, 15) is 4.79 Å². The minimum Gasteiger partial charge on any atom is -0.368 e. The molecule has 0 bridgehead atoms. The molecule has 4 rings (SSSR count). The second-order valence-corrected chi connectivity index (χ2v) is 6.57. The molecule has 4 nitrogen and oxygen atoms in total. The lowest BCUT2D eigenvalue weighted by Gasteiger charge is -2.36. The maximum Gasteiger partial charge on any atom is 0.254 e. The number of rotatable bonds is 2. The van der Waals surface area contributed by atoms with Gasteiger partial charge in [0.25, 0.3) is 5.91 Å². The van der Waals surface area contributed by atoms with E-state index in [-0.39, 0.29) is 5.91 Å². The van der Waals surface area contributed by atoms with Gasteiger partial charge in [-0.2, -0.15) is 0 Å². The third kappa shape index (κ3) is 3.17. The van der Waals surface area contributed by atoms with Crippen LogP contribution in [0.15, 0.2) is 60.8 Å². The summed E-state index contributed by atoms with van der Waals surface area (Å²) in [6, 6.07) is 17.4. The number of para-hydroxylation sites is 1. The van der Waals surface area contributed by atoms with Gasteiger partial charge in [-0.1, -0.05) is 35.9 Å². The Hall–Kier alpha value is -2.59. The van der Waals surface area contributed by atoms with E-state index in [2.05, 4.69) is 16.0 Å². The lowest BCUT2D eigenvalue weighted by molar-refractivity contribution is 0.0748. The monoisotopic (exact) mass is 351 g/mol. The van der Waals surface area contributed by atoms with Crippen molar-refractivity contribution in [2.24, 2.45) is 0 Å². The number of hydrogen-bond acceptors (Lipinski definition) is 3. The van der Waals surface area contributed by atoms with E-state index in [1.54, 1.807) is 6.20 Å². The van der Waals surface area contributed by atoms with E-state index in [4.69, 9.17) is 11.6 Å². The van der Waals surface area contributed by atoms with Gasteiger partial charge >= 0.3 is 0 Å². The van der Waals surface area contributed by atoms with Crippen molar-refractivity contribution in [3.05, 3.63) is 71.4 Å². The van der Waals surface area contributed by atoms with Crippen molar-refractivity contribution in [2.75, 3.05) is 31.1 Å². The molecule has 1 amide bonds. The molecule has 0 radical (unpaired) electrons. The number of piperazine rings is 1. The molecule has 5 heteroatoms. The molecule has 126 valence electrons. The zero-order valence-electron chi connectivity index (χ0n) is 13.7. The molecule has 2 aromatic carbocycles. The average Bonchev–Trinajstić information content (AvgIpc) is 2.67. The molecule has 2 heterocycles. The molecular weight excluding hydrogens is 334 g/mol. The molecule has 0 spiro atoms. The molecule has 1 aromatic heterocycles. The van der Waals surface area contributed by atoms with Crippen molar-refractivity contribution in [1.82, 2.24) is 9.88 Å². The number of anilines is 1. The summed E-state index contributed by atoms with van der Waals surface area (Å²) in [6.45, 7) is 2.99. The van der Waals surface area contributed by atoms with Crippen molar-refractivity contribution >= 4 is 34.1 Å². The molecule has 1 fully saturated rings. The summed E-state index contributed by atoms with van der Waals surface area (Å²) in [7, 11) is 0. The van der Waals surface area contributed by atoms with Gasteiger partial charge in [-0.15, -0.1) is 0 Å². The summed E-state index contributed by atoms with van der Waals surface area (Å²) in [4.78, 5) is 21.5. The lowest BCUT2D eigenvalue weighted by Crippen LogP contribution is -2.48. The molecule has 0 atom stereocenters. The first-order valence-corrected chi connectivity index (χ1v) is 8.74. The van der Waals surface area contributed by atoms with Crippen LogP contribution in [0.2, 0.25) is 5.02 Å². The van der Waals surface area contributed by atoms with Crippen LogP contribution < -0.4 is 4.90 Å². The van der Waals surface area contributed by atoms with Crippen LogP contribution in [0.1, 0.15) is 10.4 Å². The fraction of sp³-hybridized carbons (Fsp3) is 0.200. The summed E-state index contributed by atoms with van der Waals surface area (Å²) in [5.41, 5.74) is 2.68. The van der Waals surface area contributed by atoms with Gasteiger partial charge in [0, 0.05) is 48.5 Å². The van der Waals surface area contributed by atoms with Crippen LogP contribution in [0.25, 0.3) is 10.9 Å². The molecule has 0 unspecified atom stereocenters. The maximum atomic E-state index is 13.0. The minimum absolute atomic E-state index is 0.0735. The Morgan fingerprint density at radius 3 is 2.56 bits per heavy atom. The Morgan fingerprint density at radius 1 is 0.960 bits per heavy atom. The number of carbonyl (C=O) groups is 1. The Kier molecular flexibility index (Phi) is 4.28. The van der Waals surface area contributed by atoms with Crippen LogP contribution in [0, 0.1) is 0 Å². The second-order valence-electron chi connectivity index (χ2n) is 6.13. The number of carbonyl (C=O) groups excluding carboxylic acids is 1.